The van der Waals surface area contributed by atoms with E-state index < -0.39 is 10.0 Å². The van der Waals surface area contributed by atoms with Crippen molar-refractivity contribution in [1.82, 2.24) is 9.29 Å². The van der Waals surface area contributed by atoms with Crippen LogP contribution < -0.4 is 5.32 Å². The minimum absolute atomic E-state index is 0.0367. The van der Waals surface area contributed by atoms with E-state index in [1.54, 1.807) is 12.1 Å². The Morgan fingerprint density at radius 2 is 1.90 bits per heavy atom. The predicted octanol–water partition coefficient (Wildman–Crippen LogP) is 3.39. The number of rotatable bonds is 6. The molecule has 2 atom stereocenters. The standard InChI is InChI=1S/C21H23N3O4S2/c1-14-12-24(13-15(2)28-14)30(26,27)17-7-5-6-16(10-17)19(25)11-22-21-23-18-8-3-4-9-20(18)29-21/h3-10,14-15H,11-13H2,1-2H3,(H,22,23). The number of nitrogens with one attached hydrogen (secondary N) is 1. The van der Waals surface area contributed by atoms with Crippen LogP contribution in [0.15, 0.2) is 53.4 Å². The highest BCUT2D eigenvalue weighted by Gasteiger charge is 2.32. The zero-order valence-electron chi connectivity index (χ0n) is 16.7. The number of Topliss-reactive ketones (excluding diaryl/α,β-unsaturated/α-hetero) is 1. The summed E-state index contributed by atoms with van der Waals surface area (Å²) in [7, 11) is -3.70. The largest absolute Gasteiger partial charge is 0.373 e. The lowest BCUT2D eigenvalue weighted by molar-refractivity contribution is -0.0440. The lowest BCUT2D eigenvalue weighted by Crippen LogP contribution is -2.48. The molecule has 0 bridgehead atoms. The lowest BCUT2D eigenvalue weighted by Gasteiger charge is -2.34. The lowest BCUT2D eigenvalue weighted by atomic mass is 10.1. The van der Waals surface area contributed by atoms with Gasteiger partial charge in [-0.25, -0.2) is 13.4 Å². The maximum Gasteiger partial charge on any atom is 0.243 e. The summed E-state index contributed by atoms with van der Waals surface area (Å²) >= 11 is 1.47. The van der Waals surface area contributed by atoms with Crippen molar-refractivity contribution in [3.8, 4) is 0 Å². The van der Waals surface area contributed by atoms with Gasteiger partial charge in [-0.15, -0.1) is 0 Å². The number of hydrogen-bond acceptors (Lipinski definition) is 7. The molecule has 30 heavy (non-hydrogen) atoms. The third-order valence-corrected chi connectivity index (χ3v) is 7.70. The molecule has 1 aliphatic rings. The number of nitrogens with zero attached hydrogens (tertiary/aromatic N) is 2. The molecule has 158 valence electrons. The fraction of sp³-hybridized carbons (Fsp3) is 0.333. The molecule has 0 spiro atoms. The first-order valence-corrected chi connectivity index (χ1v) is 12.0. The number of fused-ring (bicyclic) bond motifs is 1. The highest BCUT2D eigenvalue weighted by Crippen LogP contribution is 2.26. The SMILES string of the molecule is CC1CN(S(=O)(=O)c2cccc(C(=O)CNc3nc4ccccc4s3)c2)CC(C)O1. The van der Waals surface area contributed by atoms with Gasteiger partial charge in [-0.05, 0) is 38.1 Å². The molecule has 2 unspecified atom stereocenters. The number of aromatic nitrogens is 1. The molecule has 0 aliphatic carbocycles. The van der Waals surface area contributed by atoms with Crippen molar-refractivity contribution in [1.29, 1.82) is 0 Å². The number of ketones is 1. The summed E-state index contributed by atoms with van der Waals surface area (Å²) in [5.74, 6) is -0.199. The van der Waals surface area contributed by atoms with Crippen LogP contribution in [0.1, 0.15) is 24.2 Å². The monoisotopic (exact) mass is 445 g/mol. The summed E-state index contributed by atoms with van der Waals surface area (Å²) in [5, 5.41) is 3.70. The number of carbonyl (C=O) groups is 1. The Bertz CT molecular complexity index is 1130. The second-order valence-corrected chi connectivity index (χ2v) is 10.3. The summed E-state index contributed by atoms with van der Waals surface area (Å²) in [6, 6.07) is 14.0. The first kappa shape index (κ1) is 20.9. The first-order valence-electron chi connectivity index (χ1n) is 9.71. The highest BCUT2D eigenvalue weighted by molar-refractivity contribution is 7.89. The first-order chi connectivity index (χ1) is 14.3. The molecule has 1 aromatic heterocycles. The molecule has 1 saturated heterocycles. The molecule has 1 N–H and O–H groups in total. The summed E-state index contributed by atoms with van der Waals surface area (Å²) in [6.45, 7) is 4.33. The van der Waals surface area contributed by atoms with Gasteiger partial charge in [0.15, 0.2) is 10.9 Å². The molecule has 1 aliphatic heterocycles. The zero-order valence-corrected chi connectivity index (χ0v) is 18.4. The smallest absolute Gasteiger partial charge is 0.243 e. The van der Waals surface area contributed by atoms with Gasteiger partial charge in [-0.3, -0.25) is 4.79 Å². The summed E-state index contributed by atoms with van der Waals surface area (Å²) in [6.07, 6.45) is -0.349. The number of hydrogen-bond donors (Lipinski definition) is 1. The maximum atomic E-state index is 13.1. The number of benzene rings is 2. The van der Waals surface area contributed by atoms with Gasteiger partial charge < -0.3 is 10.1 Å². The van der Waals surface area contributed by atoms with E-state index in [9.17, 15) is 13.2 Å². The number of thiazole rings is 1. The quantitative estimate of drug-likeness (QED) is 0.585. The molecule has 7 nitrogen and oxygen atoms in total. The van der Waals surface area contributed by atoms with E-state index in [2.05, 4.69) is 10.3 Å². The molecule has 1 fully saturated rings. The Morgan fingerprint density at radius 1 is 1.17 bits per heavy atom. The Hall–Kier alpha value is -2.33. The van der Waals surface area contributed by atoms with Crippen molar-refractivity contribution in [3.63, 3.8) is 0 Å². The molecule has 0 saturated carbocycles. The Morgan fingerprint density at radius 3 is 2.63 bits per heavy atom. The van der Waals surface area contributed by atoms with E-state index in [0.717, 1.165) is 10.2 Å². The number of anilines is 1. The summed E-state index contributed by atoms with van der Waals surface area (Å²) in [4.78, 5) is 17.2. The second kappa shape index (κ2) is 8.43. The van der Waals surface area contributed by atoms with E-state index >= 15 is 0 Å². The van der Waals surface area contributed by atoms with Crippen molar-refractivity contribution in [2.75, 3.05) is 25.0 Å². The van der Waals surface area contributed by atoms with E-state index in [1.165, 1.54) is 27.8 Å². The maximum absolute atomic E-state index is 13.1. The second-order valence-electron chi connectivity index (χ2n) is 7.37. The molecule has 0 amide bonds. The van der Waals surface area contributed by atoms with Crippen LogP contribution in [0, 0.1) is 0 Å². The third kappa shape index (κ3) is 4.39. The topological polar surface area (TPSA) is 88.6 Å². The van der Waals surface area contributed by atoms with Crippen LogP contribution in [0.2, 0.25) is 0 Å². The summed E-state index contributed by atoms with van der Waals surface area (Å²) in [5.41, 5.74) is 1.22. The number of para-hydroxylation sites is 1. The minimum Gasteiger partial charge on any atom is -0.373 e. The van der Waals surface area contributed by atoms with Crippen molar-refractivity contribution in [2.24, 2.45) is 0 Å². The summed E-state index contributed by atoms with van der Waals surface area (Å²) < 4.78 is 34.2. The van der Waals surface area contributed by atoms with Crippen LogP contribution in [-0.4, -0.2) is 55.3 Å². The van der Waals surface area contributed by atoms with Crippen LogP contribution in [0.3, 0.4) is 0 Å². The molecule has 2 heterocycles. The van der Waals surface area contributed by atoms with Gasteiger partial charge in [0.1, 0.15) is 0 Å². The average Bonchev–Trinajstić information content (AvgIpc) is 3.14. The van der Waals surface area contributed by atoms with Gasteiger partial charge in [-0.2, -0.15) is 4.31 Å². The van der Waals surface area contributed by atoms with E-state index in [-0.39, 0.29) is 29.4 Å². The number of carbonyl (C=O) groups excluding carboxylic acids is 1. The molecule has 0 radical (unpaired) electrons. The molecular formula is C21H23N3O4S2. The van der Waals surface area contributed by atoms with Crippen molar-refractivity contribution in [3.05, 3.63) is 54.1 Å². The fourth-order valence-corrected chi connectivity index (χ4v) is 6.01. The van der Waals surface area contributed by atoms with Gasteiger partial charge >= 0.3 is 0 Å². The third-order valence-electron chi connectivity index (χ3n) is 4.87. The van der Waals surface area contributed by atoms with Crippen molar-refractivity contribution < 1.29 is 17.9 Å². The molecule has 2 aromatic carbocycles. The van der Waals surface area contributed by atoms with Gasteiger partial charge in [-0.1, -0.05) is 35.6 Å². The van der Waals surface area contributed by atoms with E-state index in [0.29, 0.717) is 23.8 Å². The van der Waals surface area contributed by atoms with Crippen LogP contribution >= 0.6 is 11.3 Å². The number of morpholine rings is 1. The molecule has 3 aromatic rings. The number of sulfonamides is 1. The zero-order chi connectivity index (χ0) is 21.3. The Balaban J connectivity index is 1.48. The fourth-order valence-electron chi connectivity index (χ4n) is 3.51. The Kier molecular flexibility index (Phi) is 5.88. The van der Waals surface area contributed by atoms with Crippen molar-refractivity contribution in [2.45, 2.75) is 31.0 Å². The Labute approximate surface area is 179 Å². The number of ether oxygens (including phenoxy) is 1. The highest BCUT2D eigenvalue weighted by atomic mass is 32.2. The van der Waals surface area contributed by atoms with Crippen LogP contribution in [0.25, 0.3) is 10.2 Å². The van der Waals surface area contributed by atoms with Crippen LogP contribution in [0.5, 0.6) is 0 Å². The van der Waals surface area contributed by atoms with Crippen LogP contribution in [0.4, 0.5) is 5.13 Å². The van der Waals surface area contributed by atoms with Gasteiger partial charge in [0.25, 0.3) is 0 Å². The van der Waals surface area contributed by atoms with E-state index in [1.807, 2.05) is 38.1 Å². The van der Waals surface area contributed by atoms with Gasteiger partial charge in [0.05, 0.1) is 33.9 Å². The normalized spacial score (nSPS) is 20.3. The average molecular weight is 446 g/mol. The van der Waals surface area contributed by atoms with Gasteiger partial charge in [0.2, 0.25) is 10.0 Å². The van der Waals surface area contributed by atoms with Crippen molar-refractivity contribution >= 4 is 42.5 Å². The predicted molar refractivity (Wildman–Crippen MR) is 118 cm³/mol. The molecule has 4 rings (SSSR count). The van der Waals surface area contributed by atoms with E-state index in [4.69, 9.17) is 4.74 Å². The van der Waals surface area contributed by atoms with Gasteiger partial charge in [0, 0.05) is 18.7 Å². The molecular weight excluding hydrogens is 422 g/mol. The van der Waals surface area contributed by atoms with Crippen LogP contribution in [-0.2, 0) is 14.8 Å². The molecule has 9 heteroatoms. The minimum atomic E-state index is -3.70.